The van der Waals surface area contributed by atoms with Crippen LogP contribution in [0.3, 0.4) is 0 Å². The van der Waals surface area contributed by atoms with Gasteiger partial charge in [-0.3, -0.25) is 4.79 Å². The van der Waals surface area contributed by atoms with Crippen molar-refractivity contribution in [1.82, 2.24) is 4.57 Å². The molecule has 0 aliphatic rings. The Balaban J connectivity index is 2.22. The molecule has 0 aliphatic carbocycles. The van der Waals surface area contributed by atoms with Gasteiger partial charge in [-0.05, 0) is 26.0 Å². The van der Waals surface area contributed by atoms with Crippen LogP contribution in [0, 0.1) is 13.8 Å². The first-order valence-corrected chi connectivity index (χ1v) is 8.74. The van der Waals surface area contributed by atoms with Gasteiger partial charge in [-0.1, -0.05) is 36.4 Å². The normalized spacial score (nSPS) is 10.7. The Hall–Kier alpha value is -3.21. The second-order valence-electron chi connectivity index (χ2n) is 6.38. The largest absolute Gasteiger partial charge is 0.496 e. The van der Waals surface area contributed by atoms with Gasteiger partial charge < -0.3 is 19.8 Å². The summed E-state index contributed by atoms with van der Waals surface area (Å²) in [7, 11) is 3.28. The monoisotopic (exact) mass is 364 g/mol. The maximum absolute atomic E-state index is 12.3. The fourth-order valence-electron chi connectivity index (χ4n) is 3.61. The third-order valence-corrected chi connectivity index (χ3v) is 4.93. The van der Waals surface area contributed by atoms with E-state index in [0.717, 1.165) is 33.8 Å². The van der Waals surface area contributed by atoms with E-state index in [0.29, 0.717) is 17.9 Å². The van der Waals surface area contributed by atoms with Gasteiger partial charge in [0.2, 0.25) is 0 Å². The Kier molecular flexibility index (Phi) is 5.21. The average Bonchev–Trinajstić information content (AvgIpc) is 2.93. The van der Waals surface area contributed by atoms with Crippen molar-refractivity contribution in [2.45, 2.75) is 20.4 Å². The number of carbonyl (C=O) groups excluding carboxylic acids is 1. The van der Waals surface area contributed by atoms with Gasteiger partial charge in [0, 0.05) is 28.1 Å². The number of rotatable bonds is 6. The Labute approximate surface area is 159 Å². The van der Waals surface area contributed by atoms with E-state index < -0.39 is 5.91 Å². The van der Waals surface area contributed by atoms with Crippen molar-refractivity contribution in [2.24, 2.45) is 5.73 Å². The van der Waals surface area contributed by atoms with E-state index in [4.69, 9.17) is 15.2 Å². The minimum Gasteiger partial charge on any atom is -0.496 e. The van der Waals surface area contributed by atoms with E-state index in [1.807, 2.05) is 62.4 Å². The summed E-state index contributed by atoms with van der Waals surface area (Å²) in [6.07, 6.45) is 0. The van der Waals surface area contributed by atoms with Gasteiger partial charge in [-0.25, -0.2) is 0 Å². The molecular formula is C22H24N2O3. The minimum atomic E-state index is -0.449. The number of hydrogen-bond donors (Lipinski definition) is 1. The number of aromatic nitrogens is 1. The fourth-order valence-corrected chi connectivity index (χ4v) is 3.61. The molecule has 2 aromatic carbocycles. The zero-order valence-corrected chi connectivity index (χ0v) is 16.1. The summed E-state index contributed by atoms with van der Waals surface area (Å²) in [5.74, 6) is 1.07. The van der Waals surface area contributed by atoms with E-state index >= 15 is 0 Å². The molecular weight excluding hydrogens is 340 g/mol. The third kappa shape index (κ3) is 3.28. The van der Waals surface area contributed by atoms with E-state index in [1.54, 1.807) is 14.2 Å². The lowest BCUT2D eigenvalue weighted by atomic mass is 9.99. The minimum absolute atomic E-state index is 0.449. The Bertz CT molecular complexity index is 989. The van der Waals surface area contributed by atoms with E-state index in [-0.39, 0.29) is 0 Å². The van der Waals surface area contributed by atoms with Crippen LogP contribution in [0.4, 0.5) is 0 Å². The molecule has 0 saturated heterocycles. The quantitative estimate of drug-likeness (QED) is 0.720. The lowest BCUT2D eigenvalue weighted by Gasteiger charge is -2.13. The Morgan fingerprint density at radius 2 is 1.52 bits per heavy atom. The summed E-state index contributed by atoms with van der Waals surface area (Å²) in [6, 6.07) is 15.5. The van der Waals surface area contributed by atoms with Crippen LogP contribution in [0.25, 0.3) is 11.1 Å². The van der Waals surface area contributed by atoms with Crippen molar-refractivity contribution in [3.63, 3.8) is 0 Å². The predicted molar refractivity (Wildman–Crippen MR) is 107 cm³/mol. The highest BCUT2D eigenvalue weighted by Gasteiger charge is 2.24. The molecule has 0 spiro atoms. The second kappa shape index (κ2) is 7.58. The summed E-state index contributed by atoms with van der Waals surface area (Å²) < 4.78 is 13.1. The first-order chi connectivity index (χ1) is 13.0. The lowest BCUT2D eigenvalue weighted by molar-refractivity contribution is 0.1000. The standard InChI is InChI=1S/C22H24N2O3/c1-14-20(17-10-6-8-12-19(17)27-4)21(22(23)25)15(2)24(14)13-16-9-5-7-11-18(16)26-3/h5-12H,13H2,1-4H3,(H2,23,25). The zero-order valence-electron chi connectivity index (χ0n) is 16.1. The Morgan fingerprint density at radius 3 is 2.15 bits per heavy atom. The second-order valence-corrected chi connectivity index (χ2v) is 6.38. The molecule has 0 unspecified atom stereocenters. The smallest absolute Gasteiger partial charge is 0.251 e. The number of carbonyl (C=O) groups is 1. The summed E-state index contributed by atoms with van der Waals surface area (Å²) in [4.78, 5) is 12.3. The van der Waals surface area contributed by atoms with Crippen LogP contribution in [-0.2, 0) is 6.54 Å². The molecule has 1 amide bonds. The number of methoxy groups -OCH3 is 2. The molecule has 5 heteroatoms. The van der Waals surface area contributed by atoms with Crippen molar-refractivity contribution in [2.75, 3.05) is 14.2 Å². The van der Waals surface area contributed by atoms with Gasteiger partial charge in [0.25, 0.3) is 5.91 Å². The molecule has 5 nitrogen and oxygen atoms in total. The highest BCUT2D eigenvalue weighted by atomic mass is 16.5. The van der Waals surface area contributed by atoms with Gasteiger partial charge in [0.05, 0.1) is 26.3 Å². The molecule has 1 heterocycles. The van der Waals surface area contributed by atoms with Crippen molar-refractivity contribution in [1.29, 1.82) is 0 Å². The lowest BCUT2D eigenvalue weighted by Crippen LogP contribution is -2.14. The molecule has 0 radical (unpaired) electrons. The summed E-state index contributed by atoms with van der Waals surface area (Å²) >= 11 is 0. The molecule has 0 fully saturated rings. The molecule has 0 bridgehead atoms. The number of primary amides is 1. The van der Waals surface area contributed by atoms with Crippen molar-refractivity contribution >= 4 is 5.91 Å². The first-order valence-electron chi connectivity index (χ1n) is 8.74. The van der Waals surface area contributed by atoms with Crippen LogP contribution in [-0.4, -0.2) is 24.7 Å². The highest BCUT2D eigenvalue weighted by Crippen LogP contribution is 2.38. The number of para-hydroxylation sites is 2. The van der Waals surface area contributed by atoms with Gasteiger partial charge in [0.1, 0.15) is 11.5 Å². The maximum atomic E-state index is 12.3. The molecule has 27 heavy (non-hydrogen) atoms. The molecule has 2 N–H and O–H groups in total. The third-order valence-electron chi connectivity index (χ3n) is 4.93. The Morgan fingerprint density at radius 1 is 0.926 bits per heavy atom. The molecule has 0 aliphatic heterocycles. The van der Waals surface area contributed by atoms with E-state index in [9.17, 15) is 4.79 Å². The number of benzene rings is 2. The molecule has 0 saturated carbocycles. The molecule has 1 aromatic heterocycles. The van der Waals surface area contributed by atoms with Crippen molar-refractivity contribution in [3.8, 4) is 22.6 Å². The van der Waals surface area contributed by atoms with Gasteiger partial charge in [0.15, 0.2) is 0 Å². The van der Waals surface area contributed by atoms with E-state index in [1.165, 1.54) is 0 Å². The summed E-state index contributed by atoms with van der Waals surface area (Å²) in [6.45, 7) is 4.50. The van der Waals surface area contributed by atoms with Gasteiger partial charge in [-0.2, -0.15) is 0 Å². The maximum Gasteiger partial charge on any atom is 0.251 e. The number of ether oxygens (including phenoxy) is 2. The van der Waals surface area contributed by atoms with Crippen LogP contribution in [0.5, 0.6) is 11.5 Å². The fraction of sp³-hybridized carbons (Fsp3) is 0.227. The van der Waals surface area contributed by atoms with Crippen LogP contribution >= 0.6 is 0 Å². The van der Waals surface area contributed by atoms with Gasteiger partial charge >= 0.3 is 0 Å². The first kappa shape index (κ1) is 18.6. The molecule has 3 aromatic rings. The number of nitrogens with two attached hydrogens (primary N) is 1. The number of amides is 1. The van der Waals surface area contributed by atoms with E-state index in [2.05, 4.69) is 4.57 Å². The van der Waals surface area contributed by atoms with Crippen LogP contribution < -0.4 is 15.2 Å². The predicted octanol–water partition coefficient (Wildman–Crippen LogP) is 3.94. The topological polar surface area (TPSA) is 66.5 Å². The molecule has 0 atom stereocenters. The zero-order chi connectivity index (χ0) is 19.6. The summed E-state index contributed by atoms with van der Waals surface area (Å²) in [5, 5.41) is 0. The van der Waals surface area contributed by atoms with Crippen molar-refractivity contribution < 1.29 is 14.3 Å². The number of nitrogens with zero attached hydrogens (tertiary/aromatic N) is 1. The highest BCUT2D eigenvalue weighted by molar-refractivity contribution is 6.02. The molecule has 140 valence electrons. The van der Waals surface area contributed by atoms with Crippen LogP contribution in [0.15, 0.2) is 48.5 Å². The molecule has 3 rings (SSSR count). The van der Waals surface area contributed by atoms with Crippen molar-refractivity contribution in [3.05, 3.63) is 71.0 Å². The van der Waals surface area contributed by atoms with Gasteiger partial charge in [-0.15, -0.1) is 0 Å². The summed E-state index contributed by atoms with van der Waals surface area (Å²) in [5.41, 5.74) is 10.8. The van der Waals surface area contributed by atoms with Crippen LogP contribution in [0.1, 0.15) is 27.3 Å². The SMILES string of the molecule is COc1ccccc1Cn1c(C)c(C(N)=O)c(-c2ccccc2OC)c1C. The van der Waals surface area contributed by atoms with Crippen LogP contribution in [0.2, 0.25) is 0 Å². The number of hydrogen-bond acceptors (Lipinski definition) is 3. The average molecular weight is 364 g/mol.